The van der Waals surface area contributed by atoms with E-state index in [-0.39, 0.29) is 5.69 Å². The largest absolute Gasteiger partial charge is 0.368 e. The van der Waals surface area contributed by atoms with Crippen molar-refractivity contribution in [1.82, 2.24) is 10.2 Å². The molecular weight excluding hydrogens is 292 g/mol. The Kier molecular flexibility index (Phi) is 4.70. The van der Waals surface area contributed by atoms with E-state index in [4.69, 9.17) is 11.6 Å². The fraction of sp³-hybridized carbons (Fsp3) is 0.286. The Balaban J connectivity index is 1.95. The Morgan fingerprint density at radius 1 is 1.19 bits per heavy atom. The van der Waals surface area contributed by atoms with Crippen LogP contribution in [0.1, 0.15) is 16.7 Å². The number of hydrogen-bond donors (Lipinski definition) is 1. The number of non-ortho nitro benzene ring substituents is 1. The van der Waals surface area contributed by atoms with Gasteiger partial charge in [-0.1, -0.05) is 23.7 Å². The average Bonchev–Trinajstić information content (AvgIpc) is 2.48. The van der Waals surface area contributed by atoms with Crippen molar-refractivity contribution in [2.75, 3.05) is 11.9 Å². The maximum atomic E-state index is 10.6. The van der Waals surface area contributed by atoms with E-state index in [1.165, 1.54) is 12.1 Å². The summed E-state index contributed by atoms with van der Waals surface area (Å²) in [5, 5.41) is 22.1. The van der Waals surface area contributed by atoms with Gasteiger partial charge in [0.2, 0.25) is 0 Å². The monoisotopic (exact) mass is 306 g/mol. The number of benzene rings is 1. The third-order valence-corrected chi connectivity index (χ3v) is 3.68. The number of halogens is 1. The molecule has 1 aromatic heterocycles. The summed E-state index contributed by atoms with van der Waals surface area (Å²) in [4.78, 5) is 10.2. The maximum Gasteiger partial charge on any atom is 0.269 e. The molecule has 0 saturated heterocycles. The zero-order chi connectivity index (χ0) is 15.4. The lowest BCUT2D eigenvalue weighted by Gasteiger charge is -2.10. The van der Waals surface area contributed by atoms with Crippen LogP contribution in [0.4, 0.5) is 11.5 Å². The zero-order valence-electron chi connectivity index (χ0n) is 11.8. The lowest BCUT2D eigenvalue weighted by molar-refractivity contribution is -0.384. The van der Waals surface area contributed by atoms with Crippen LogP contribution in [-0.4, -0.2) is 21.7 Å². The van der Waals surface area contributed by atoms with Gasteiger partial charge in [-0.05, 0) is 37.0 Å². The Morgan fingerprint density at radius 2 is 1.86 bits per heavy atom. The third kappa shape index (κ3) is 3.66. The van der Waals surface area contributed by atoms with E-state index < -0.39 is 4.92 Å². The Labute approximate surface area is 127 Å². The van der Waals surface area contributed by atoms with Crippen molar-refractivity contribution in [3.8, 4) is 0 Å². The number of rotatable bonds is 5. The van der Waals surface area contributed by atoms with Gasteiger partial charge in [-0.15, -0.1) is 10.2 Å². The van der Waals surface area contributed by atoms with E-state index in [1.807, 2.05) is 13.8 Å². The highest BCUT2D eigenvalue weighted by Gasteiger charge is 2.08. The van der Waals surface area contributed by atoms with Crippen LogP contribution in [0, 0.1) is 24.0 Å². The van der Waals surface area contributed by atoms with Crippen LogP contribution < -0.4 is 5.32 Å². The number of nitro benzene ring substituents is 1. The molecule has 0 unspecified atom stereocenters. The molecule has 0 saturated carbocycles. The highest BCUT2D eigenvalue weighted by Crippen LogP contribution is 2.20. The topological polar surface area (TPSA) is 81.0 Å². The van der Waals surface area contributed by atoms with E-state index in [0.29, 0.717) is 17.5 Å². The number of nitro groups is 1. The molecule has 110 valence electrons. The van der Waals surface area contributed by atoms with Gasteiger partial charge in [0.05, 0.1) is 4.92 Å². The van der Waals surface area contributed by atoms with Crippen molar-refractivity contribution in [3.63, 3.8) is 0 Å². The molecule has 0 fully saturated rings. The maximum absolute atomic E-state index is 10.6. The minimum atomic E-state index is -0.405. The Hall–Kier alpha value is -2.21. The molecule has 0 spiro atoms. The van der Waals surface area contributed by atoms with Crippen LogP contribution in [0.25, 0.3) is 0 Å². The number of anilines is 1. The predicted octanol–water partition coefficient (Wildman–Crippen LogP) is 3.31. The van der Waals surface area contributed by atoms with Crippen LogP contribution in [-0.2, 0) is 6.42 Å². The molecule has 0 radical (unpaired) electrons. The first-order valence-electron chi connectivity index (χ1n) is 6.45. The molecule has 0 amide bonds. The van der Waals surface area contributed by atoms with Gasteiger partial charge < -0.3 is 5.32 Å². The number of nitrogens with one attached hydrogen (secondary N) is 1. The molecule has 0 atom stereocenters. The van der Waals surface area contributed by atoms with Gasteiger partial charge in [0.1, 0.15) is 0 Å². The highest BCUT2D eigenvalue weighted by atomic mass is 35.5. The molecule has 21 heavy (non-hydrogen) atoms. The molecule has 0 aliphatic heterocycles. The van der Waals surface area contributed by atoms with E-state index in [9.17, 15) is 10.1 Å². The molecule has 2 rings (SSSR count). The van der Waals surface area contributed by atoms with Gasteiger partial charge in [0.15, 0.2) is 11.0 Å². The van der Waals surface area contributed by atoms with Crippen LogP contribution in [0.2, 0.25) is 5.15 Å². The first-order chi connectivity index (χ1) is 9.99. The van der Waals surface area contributed by atoms with E-state index in [0.717, 1.165) is 23.1 Å². The third-order valence-electron chi connectivity index (χ3n) is 3.32. The second-order valence-corrected chi connectivity index (χ2v) is 5.05. The van der Waals surface area contributed by atoms with Crippen molar-refractivity contribution in [1.29, 1.82) is 0 Å². The second-order valence-electron chi connectivity index (χ2n) is 4.69. The summed E-state index contributed by atoms with van der Waals surface area (Å²) in [5.41, 5.74) is 2.99. The van der Waals surface area contributed by atoms with Crippen molar-refractivity contribution in [3.05, 3.63) is 56.2 Å². The summed E-state index contributed by atoms with van der Waals surface area (Å²) in [7, 11) is 0. The molecular formula is C14H15ClN4O2. The number of nitrogens with zero attached hydrogens (tertiary/aromatic N) is 3. The quantitative estimate of drug-likeness (QED) is 0.677. The van der Waals surface area contributed by atoms with Crippen LogP contribution >= 0.6 is 11.6 Å². The summed E-state index contributed by atoms with van der Waals surface area (Å²) < 4.78 is 0. The second kappa shape index (κ2) is 6.49. The average molecular weight is 307 g/mol. The molecule has 1 heterocycles. The first-order valence-corrected chi connectivity index (χ1v) is 6.83. The summed E-state index contributed by atoms with van der Waals surface area (Å²) in [6, 6.07) is 6.52. The van der Waals surface area contributed by atoms with Gasteiger partial charge in [-0.3, -0.25) is 10.1 Å². The first kappa shape index (κ1) is 15.2. The lowest BCUT2D eigenvalue weighted by atomic mass is 10.1. The van der Waals surface area contributed by atoms with Gasteiger partial charge >= 0.3 is 0 Å². The van der Waals surface area contributed by atoms with Crippen LogP contribution in [0.5, 0.6) is 0 Å². The van der Waals surface area contributed by atoms with E-state index >= 15 is 0 Å². The molecule has 0 bridgehead atoms. The fourth-order valence-corrected chi connectivity index (χ4v) is 2.03. The van der Waals surface area contributed by atoms with Crippen molar-refractivity contribution in [2.45, 2.75) is 20.3 Å². The molecule has 2 aromatic rings. The van der Waals surface area contributed by atoms with Gasteiger partial charge in [0, 0.05) is 18.7 Å². The molecule has 1 aromatic carbocycles. The highest BCUT2D eigenvalue weighted by molar-refractivity contribution is 6.30. The zero-order valence-corrected chi connectivity index (χ0v) is 12.5. The normalized spacial score (nSPS) is 10.4. The molecule has 7 heteroatoms. The lowest BCUT2D eigenvalue weighted by Crippen LogP contribution is -2.09. The molecule has 6 nitrogen and oxygen atoms in total. The van der Waals surface area contributed by atoms with Gasteiger partial charge in [-0.25, -0.2) is 0 Å². The van der Waals surface area contributed by atoms with E-state index in [2.05, 4.69) is 15.5 Å². The number of aromatic nitrogens is 2. The Morgan fingerprint density at radius 3 is 2.48 bits per heavy atom. The van der Waals surface area contributed by atoms with E-state index in [1.54, 1.807) is 12.1 Å². The minimum absolute atomic E-state index is 0.0988. The number of hydrogen-bond acceptors (Lipinski definition) is 5. The molecule has 0 aliphatic carbocycles. The molecule has 1 N–H and O–H groups in total. The Bertz CT molecular complexity index is 659. The predicted molar refractivity (Wildman–Crippen MR) is 81.8 cm³/mol. The fourth-order valence-electron chi connectivity index (χ4n) is 1.85. The standard InChI is InChI=1S/C14H15ClN4O2/c1-9-10(2)14(18-17-13(9)15)16-8-7-11-3-5-12(6-4-11)19(20)21/h3-6H,7-8H2,1-2H3,(H,16,18). The summed E-state index contributed by atoms with van der Waals surface area (Å²) in [5.74, 6) is 0.707. The van der Waals surface area contributed by atoms with Crippen molar-refractivity contribution >= 4 is 23.1 Å². The van der Waals surface area contributed by atoms with Gasteiger partial charge in [-0.2, -0.15) is 0 Å². The van der Waals surface area contributed by atoms with Gasteiger partial charge in [0.25, 0.3) is 5.69 Å². The molecule has 0 aliphatic rings. The van der Waals surface area contributed by atoms with Crippen molar-refractivity contribution < 1.29 is 4.92 Å². The minimum Gasteiger partial charge on any atom is -0.368 e. The summed E-state index contributed by atoms with van der Waals surface area (Å²) >= 11 is 5.90. The van der Waals surface area contributed by atoms with Crippen LogP contribution in [0.15, 0.2) is 24.3 Å². The van der Waals surface area contributed by atoms with Crippen molar-refractivity contribution in [2.24, 2.45) is 0 Å². The summed E-state index contributed by atoms with van der Waals surface area (Å²) in [6.07, 6.45) is 0.737. The smallest absolute Gasteiger partial charge is 0.269 e. The van der Waals surface area contributed by atoms with Crippen LogP contribution in [0.3, 0.4) is 0 Å². The summed E-state index contributed by atoms with van der Waals surface area (Å²) in [6.45, 7) is 4.49. The SMILES string of the molecule is Cc1c(Cl)nnc(NCCc2ccc([N+](=O)[O-])cc2)c1C.